The third-order valence-corrected chi connectivity index (χ3v) is 6.63. The highest BCUT2D eigenvalue weighted by molar-refractivity contribution is 7.89. The number of likely N-dealkylation sites (tertiary alicyclic amines) is 1. The molecular formula is C14H19N3O3S2. The van der Waals surface area contributed by atoms with Gasteiger partial charge in [0.05, 0.1) is 15.1 Å². The Kier molecular flexibility index (Phi) is 4.11. The highest BCUT2D eigenvalue weighted by Crippen LogP contribution is 2.22. The lowest BCUT2D eigenvalue weighted by Gasteiger charge is -2.29. The Hall–Kier alpha value is -1.22. The van der Waals surface area contributed by atoms with E-state index in [2.05, 4.69) is 9.62 Å². The largest absolute Gasteiger partial charge is 0.307 e. The van der Waals surface area contributed by atoms with Gasteiger partial charge in [-0.15, -0.1) is 0 Å². The van der Waals surface area contributed by atoms with Crippen molar-refractivity contribution in [3.8, 4) is 0 Å². The van der Waals surface area contributed by atoms with Crippen molar-refractivity contribution in [2.24, 2.45) is 7.05 Å². The first-order chi connectivity index (χ1) is 10.4. The van der Waals surface area contributed by atoms with Crippen molar-refractivity contribution in [3.63, 3.8) is 0 Å². The molecule has 1 aliphatic heterocycles. The van der Waals surface area contributed by atoms with E-state index < -0.39 is 10.0 Å². The van der Waals surface area contributed by atoms with E-state index in [1.807, 2.05) is 7.05 Å². The molecule has 0 amide bonds. The van der Waals surface area contributed by atoms with Crippen molar-refractivity contribution in [2.75, 3.05) is 20.1 Å². The van der Waals surface area contributed by atoms with Crippen molar-refractivity contribution < 1.29 is 8.42 Å². The zero-order chi connectivity index (χ0) is 15.9. The molecule has 3 rings (SSSR count). The summed E-state index contributed by atoms with van der Waals surface area (Å²) in [5.41, 5.74) is 0.758. The first-order valence-corrected chi connectivity index (χ1v) is 9.47. The van der Waals surface area contributed by atoms with Gasteiger partial charge in [0.15, 0.2) is 0 Å². The zero-order valence-corrected chi connectivity index (χ0v) is 14.2. The molecule has 2 heterocycles. The van der Waals surface area contributed by atoms with Gasteiger partial charge in [0, 0.05) is 13.1 Å². The molecule has 0 aliphatic carbocycles. The summed E-state index contributed by atoms with van der Waals surface area (Å²) in [6.45, 7) is 1.79. The van der Waals surface area contributed by atoms with Gasteiger partial charge in [-0.05, 0) is 51.2 Å². The van der Waals surface area contributed by atoms with Crippen LogP contribution in [0.2, 0.25) is 0 Å². The number of hydrogen-bond acceptors (Lipinski definition) is 5. The number of rotatable bonds is 3. The van der Waals surface area contributed by atoms with Gasteiger partial charge in [0.25, 0.3) is 0 Å². The van der Waals surface area contributed by atoms with Crippen molar-refractivity contribution in [2.45, 2.75) is 23.8 Å². The highest BCUT2D eigenvalue weighted by atomic mass is 32.2. The number of benzene rings is 1. The summed E-state index contributed by atoms with van der Waals surface area (Å²) in [5, 5.41) is 0. The zero-order valence-electron chi connectivity index (χ0n) is 12.6. The van der Waals surface area contributed by atoms with E-state index in [1.54, 1.807) is 25.2 Å². The molecule has 6 nitrogen and oxygen atoms in total. The van der Waals surface area contributed by atoms with Crippen LogP contribution in [0.1, 0.15) is 12.8 Å². The maximum atomic E-state index is 12.5. The minimum Gasteiger partial charge on any atom is -0.306 e. The summed E-state index contributed by atoms with van der Waals surface area (Å²) in [5.74, 6) is 0. The summed E-state index contributed by atoms with van der Waals surface area (Å²) in [4.78, 5) is 14.0. The fraction of sp³-hybridized carbons (Fsp3) is 0.500. The van der Waals surface area contributed by atoms with Gasteiger partial charge in [0.2, 0.25) is 10.0 Å². The average Bonchev–Trinajstić information content (AvgIpc) is 2.76. The molecule has 0 unspecified atom stereocenters. The minimum atomic E-state index is -3.55. The molecular weight excluding hydrogens is 322 g/mol. The van der Waals surface area contributed by atoms with Crippen LogP contribution in [0, 0.1) is 0 Å². The van der Waals surface area contributed by atoms with Crippen LogP contribution in [0.4, 0.5) is 0 Å². The molecule has 1 aromatic carbocycles. The summed E-state index contributed by atoms with van der Waals surface area (Å²) < 4.78 is 30.0. The van der Waals surface area contributed by atoms with Gasteiger partial charge < -0.3 is 9.47 Å². The maximum absolute atomic E-state index is 12.5. The Morgan fingerprint density at radius 3 is 2.59 bits per heavy atom. The van der Waals surface area contributed by atoms with Crippen LogP contribution in [-0.4, -0.2) is 44.1 Å². The first-order valence-electron chi connectivity index (χ1n) is 7.17. The van der Waals surface area contributed by atoms with Gasteiger partial charge in [-0.25, -0.2) is 13.1 Å². The Balaban J connectivity index is 1.87. The number of aromatic nitrogens is 1. The van der Waals surface area contributed by atoms with Crippen LogP contribution in [-0.2, 0) is 17.1 Å². The monoisotopic (exact) mass is 341 g/mol. The fourth-order valence-electron chi connectivity index (χ4n) is 2.70. The summed E-state index contributed by atoms with van der Waals surface area (Å²) in [6, 6.07) is 4.81. The van der Waals surface area contributed by atoms with Gasteiger partial charge in [-0.1, -0.05) is 11.3 Å². The Morgan fingerprint density at radius 2 is 1.91 bits per heavy atom. The van der Waals surface area contributed by atoms with Crippen molar-refractivity contribution in [3.05, 3.63) is 27.9 Å². The number of nitrogens with zero attached hydrogens (tertiary/aromatic N) is 2. The highest BCUT2D eigenvalue weighted by Gasteiger charge is 2.23. The molecule has 2 aromatic rings. The topological polar surface area (TPSA) is 71.4 Å². The Morgan fingerprint density at radius 1 is 1.23 bits per heavy atom. The molecule has 1 aromatic heterocycles. The number of piperidine rings is 1. The van der Waals surface area contributed by atoms with Gasteiger partial charge in [-0.3, -0.25) is 4.79 Å². The second-order valence-electron chi connectivity index (χ2n) is 5.76. The van der Waals surface area contributed by atoms with Crippen LogP contribution in [0.5, 0.6) is 0 Å². The Bertz CT molecular complexity index is 846. The van der Waals surface area contributed by atoms with E-state index in [0.717, 1.165) is 42.8 Å². The molecule has 120 valence electrons. The van der Waals surface area contributed by atoms with E-state index in [-0.39, 0.29) is 15.8 Å². The van der Waals surface area contributed by atoms with Crippen molar-refractivity contribution >= 4 is 31.6 Å². The quantitative estimate of drug-likeness (QED) is 0.903. The van der Waals surface area contributed by atoms with Crippen molar-refractivity contribution in [1.29, 1.82) is 0 Å². The van der Waals surface area contributed by atoms with Crippen LogP contribution < -0.4 is 9.60 Å². The number of aryl methyl sites for hydroxylation is 1. The summed E-state index contributed by atoms with van der Waals surface area (Å²) >= 11 is 1.06. The lowest BCUT2D eigenvalue weighted by molar-refractivity contribution is 0.248. The second kappa shape index (κ2) is 5.77. The van der Waals surface area contributed by atoms with E-state index in [1.165, 1.54) is 4.57 Å². The van der Waals surface area contributed by atoms with Crippen LogP contribution in [0.25, 0.3) is 10.2 Å². The lowest BCUT2D eigenvalue weighted by Crippen LogP contribution is -2.43. The predicted octanol–water partition coefficient (Wildman–Crippen LogP) is 0.973. The molecule has 0 saturated carbocycles. The summed E-state index contributed by atoms with van der Waals surface area (Å²) in [7, 11) is 0.179. The molecule has 22 heavy (non-hydrogen) atoms. The molecule has 0 atom stereocenters. The van der Waals surface area contributed by atoms with Crippen molar-refractivity contribution in [1.82, 2.24) is 14.2 Å². The molecule has 8 heteroatoms. The molecule has 0 bridgehead atoms. The number of nitrogens with one attached hydrogen (secondary N) is 1. The van der Waals surface area contributed by atoms with E-state index in [0.29, 0.717) is 4.70 Å². The third kappa shape index (κ3) is 2.96. The number of fused-ring (bicyclic) bond motifs is 1. The van der Waals surface area contributed by atoms with Gasteiger partial charge >= 0.3 is 4.87 Å². The van der Waals surface area contributed by atoms with Crippen LogP contribution in [0.15, 0.2) is 27.9 Å². The lowest BCUT2D eigenvalue weighted by atomic mass is 10.1. The molecule has 0 radical (unpaired) electrons. The molecule has 1 fully saturated rings. The SMILES string of the molecule is CN1CCC(NS(=O)(=O)c2ccc3c(c2)sc(=O)n3C)CC1. The van der Waals surface area contributed by atoms with E-state index >= 15 is 0 Å². The first kappa shape index (κ1) is 15.7. The smallest absolute Gasteiger partial charge is 0.306 e. The van der Waals surface area contributed by atoms with E-state index in [4.69, 9.17) is 0 Å². The third-order valence-electron chi connectivity index (χ3n) is 4.11. The minimum absolute atomic E-state index is 0.0218. The van der Waals surface area contributed by atoms with Crippen LogP contribution in [0.3, 0.4) is 0 Å². The number of sulfonamides is 1. The molecule has 1 aliphatic rings. The fourth-order valence-corrected chi connectivity index (χ4v) is 5.02. The number of hydrogen-bond donors (Lipinski definition) is 1. The van der Waals surface area contributed by atoms with E-state index in [9.17, 15) is 13.2 Å². The molecule has 1 saturated heterocycles. The van der Waals surface area contributed by atoms with Gasteiger partial charge in [-0.2, -0.15) is 0 Å². The van der Waals surface area contributed by atoms with Gasteiger partial charge in [0.1, 0.15) is 0 Å². The Labute approximate surface area is 133 Å². The average molecular weight is 341 g/mol. The second-order valence-corrected chi connectivity index (χ2v) is 8.46. The summed E-state index contributed by atoms with van der Waals surface area (Å²) in [6.07, 6.45) is 1.63. The molecule has 1 N–H and O–H groups in total. The standard InChI is InChI=1S/C14H19N3O3S2/c1-16-7-5-10(6-8-16)15-22(19,20)11-3-4-12-13(9-11)21-14(18)17(12)2/h3-4,9-10,15H,5-8H2,1-2H3. The van der Waals surface area contributed by atoms with Crippen LogP contribution >= 0.6 is 11.3 Å². The number of thiazole rings is 1. The molecule has 0 spiro atoms. The normalized spacial score (nSPS) is 18.1. The maximum Gasteiger partial charge on any atom is 0.307 e. The predicted molar refractivity (Wildman–Crippen MR) is 87.9 cm³/mol.